The average Bonchev–Trinajstić information content (AvgIpc) is 3.46. The van der Waals surface area contributed by atoms with E-state index < -0.39 is 0 Å². The molecule has 0 spiro atoms. The lowest BCUT2D eigenvalue weighted by Gasteiger charge is -2.23. The number of amides is 1. The van der Waals surface area contributed by atoms with Crippen molar-refractivity contribution in [3.8, 4) is 0 Å². The smallest absolute Gasteiger partial charge is 0.255 e. The van der Waals surface area contributed by atoms with Gasteiger partial charge in [0.25, 0.3) is 5.91 Å². The number of carbonyl (C=O) groups excluding carboxylic acids is 1. The molecule has 7 heteroatoms. The lowest BCUT2D eigenvalue weighted by molar-refractivity contribution is 0.0729. The number of carbonyl (C=O) groups is 1. The van der Waals surface area contributed by atoms with Gasteiger partial charge in [0.05, 0.1) is 28.2 Å². The van der Waals surface area contributed by atoms with E-state index in [1.54, 1.807) is 18.2 Å². The van der Waals surface area contributed by atoms with E-state index in [0.29, 0.717) is 39.6 Å². The van der Waals surface area contributed by atoms with Gasteiger partial charge < -0.3 is 9.47 Å². The van der Waals surface area contributed by atoms with Crippen molar-refractivity contribution in [1.82, 2.24) is 14.5 Å². The van der Waals surface area contributed by atoms with E-state index in [4.69, 9.17) is 39.8 Å². The second-order valence-corrected chi connectivity index (χ2v) is 8.85. The molecule has 0 aliphatic heterocycles. The quantitative estimate of drug-likeness (QED) is 0.414. The minimum atomic E-state index is -0.113. The molecule has 1 aliphatic rings. The topological polar surface area (TPSA) is 38.1 Å². The number of benzene rings is 2. The van der Waals surface area contributed by atoms with Crippen LogP contribution in [0.1, 0.15) is 42.4 Å². The zero-order valence-electron chi connectivity index (χ0n) is 16.2. The van der Waals surface area contributed by atoms with E-state index in [-0.39, 0.29) is 5.91 Å². The normalized spacial score (nSPS) is 13.8. The molecule has 2 aromatic carbocycles. The Morgan fingerprint density at radius 3 is 2.59 bits per heavy atom. The summed E-state index contributed by atoms with van der Waals surface area (Å²) in [6.45, 7) is 4.05. The maximum atomic E-state index is 13.3. The molecular weight excluding hydrogens is 429 g/mol. The summed E-state index contributed by atoms with van der Waals surface area (Å²) >= 11 is 18.6. The second kappa shape index (κ2) is 8.55. The molecule has 0 saturated heterocycles. The van der Waals surface area contributed by atoms with Gasteiger partial charge in [-0.05, 0) is 61.6 Å². The minimum Gasteiger partial charge on any atom is -0.331 e. The Morgan fingerprint density at radius 1 is 1.14 bits per heavy atom. The molecule has 1 aromatic heterocycles. The molecule has 1 fully saturated rings. The lowest BCUT2D eigenvalue weighted by atomic mass is 10.2. The zero-order valence-corrected chi connectivity index (χ0v) is 18.4. The van der Waals surface area contributed by atoms with Crippen LogP contribution in [-0.2, 0) is 13.1 Å². The van der Waals surface area contributed by atoms with Crippen molar-refractivity contribution in [3.05, 3.63) is 62.9 Å². The van der Waals surface area contributed by atoms with Gasteiger partial charge in [-0.25, -0.2) is 4.98 Å². The summed E-state index contributed by atoms with van der Waals surface area (Å²) in [4.78, 5) is 20.0. The van der Waals surface area contributed by atoms with E-state index >= 15 is 0 Å². The van der Waals surface area contributed by atoms with E-state index in [2.05, 4.69) is 11.5 Å². The van der Waals surface area contributed by atoms with Crippen molar-refractivity contribution in [2.45, 2.75) is 39.3 Å². The van der Waals surface area contributed by atoms with Crippen LogP contribution < -0.4 is 0 Å². The van der Waals surface area contributed by atoms with Crippen LogP contribution in [0.25, 0.3) is 11.0 Å². The third kappa shape index (κ3) is 4.55. The number of fused-ring (bicyclic) bond motifs is 1. The second-order valence-electron chi connectivity index (χ2n) is 7.57. The van der Waals surface area contributed by atoms with Crippen molar-refractivity contribution in [2.24, 2.45) is 5.92 Å². The summed E-state index contributed by atoms with van der Waals surface area (Å²) in [6, 6.07) is 10.7. The number of aryl methyl sites for hydroxylation is 1. The van der Waals surface area contributed by atoms with Gasteiger partial charge in [0.15, 0.2) is 0 Å². The zero-order chi connectivity index (χ0) is 20.5. The van der Waals surface area contributed by atoms with Gasteiger partial charge >= 0.3 is 0 Å². The Balaban J connectivity index is 1.70. The summed E-state index contributed by atoms with van der Waals surface area (Å²) in [7, 11) is 0. The molecule has 4 nitrogen and oxygen atoms in total. The Kier molecular flexibility index (Phi) is 6.05. The number of nitrogens with zero attached hydrogens (tertiary/aromatic N) is 3. The predicted octanol–water partition coefficient (Wildman–Crippen LogP) is 6.46. The van der Waals surface area contributed by atoms with Gasteiger partial charge in [-0.3, -0.25) is 4.79 Å². The number of aromatic nitrogens is 2. The maximum absolute atomic E-state index is 13.3. The summed E-state index contributed by atoms with van der Waals surface area (Å²) < 4.78 is 2.16. The molecule has 0 unspecified atom stereocenters. The third-order valence-corrected chi connectivity index (χ3v) is 5.99. The van der Waals surface area contributed by atoms with Gasteiger partial charge in [-0.1, -0.05) is 41.7 Å². The van der Waals surface area contributed by atoms with Crippen LogP contribution >= 0.6 is 34.8 Å². The van der Waals surface area contributed by atoms with E-state index in [1.165, 1.54) is 0 Å². The number of rotatable bonds is 7. The molecular formula is C22H22Cl3N3O. The van der Waals surface area contributed by atoms with Gasteiger partial charge in [0.2, 0.25) is 0 Å². The largest absolute Gasteiger partial charge is 0.331 e. The monoisotopic (exact) mass is 449 g/mol. The fourth-order valence-corrected chi connectivity index (χ4v) is 4.11. The summed E-state index contributed by atoms with van der Waals surface area (Å²) in [5, 5.41) is 1.59. The molecule has 0 atom stereocenters. The van der Waals surface area contributed by atoms with E-state index in [1.807, 2.05) is 23.1 Å². The fourth-order valence-electron chi connectivity index (χ4n) is 3.57. The highest BCUT2D eigenvalue weighted by atomic mass is 35.5. The first-order valence-electron chi connectivity index (χ1n) is 9.85. The minimum absolute atomic E-state index is 0.113. The first-order chi connectivity index (χ1) is 14.0. The Bertz CT molecular complexity index is 1060. The summed E-state index contributed by atoms with van der Waals surface area (Å²) in [5.74, 6) is 1.28. The first-order valence-corrected chi connectivity index (χ1v) is 11.0. The first kappa shape index (κ1) is 20.5. The van der Waals surface area contributed by atoms with Gasteiger partial charge in [0, 0.05) is 23.1 Å². The summed E-state index contributed by atoms with van der Waals surface area (Å²) in [6.07, 6.45) is 3.25. The van der Waals surface area contributed by atoms with Gasteiger partial charge in [-0.15, -0.1) is 0 Å². The molecule has 1 heterocycles. The van der Waals surface area contributed by atoms with Crippen LogP contribution in [0.2, 0.25) is 15.1 Å². The maximum Gasteiger partial charge on any atom is 0.255 e. The Hall–Kier alpha value is -1.75. The lowest BCUT2D eigenvalue weighted by Crippen LogP contribution is -2.33. The van der Waals surface area contributed by atoms with E-state index in [9.17, 15) is 4.79 Å². The molecule has 0 radical (unpaired) electrons. The molecule has 29 heavy (non-hydrogen) atoms. The molecule has 0 bridgehead atoms. The molecule has 1 aliphatic carbocycles. The van der Waals surface area contributed by atoms with Crippen LogP contribution in [0.4, 0.5) is 0 Å². The molecule has 0 N–H and O–H groups in total. The predicted molar refractivity (Wildman–Crippen MR) is 119 cm³/mol. The van der Waals surface area contributed by atoms with Crippen LogP contribution in [0, 0.1) is 5.92 Å². The molecule has 1 saturated carbocycles. The van der Waals surface area contributed by atoms with Crippen molar-refractivity contribution in [2.75, 3.05) is 6.54 Å². The van der Waals surface area contributed by atoms with Crippen molar-refractivity contribution < 1.29 is 4.79 Å². The van der Waals surface area contributed by atoms with Crippen LogP contribution in [0.5, 0.6) is 0 Å². The van der Waals surface area contributed by atoms with Crippen molar-refractivity contribution in [3.63, 3.8) is 0 Å². The molecule has 4 rings (SSSR count). The number of hydrogen-bond acceptors (Lipinski definition) is 2. The van der Waals surface area contributed by atoms with E-state index in [0.717, 1.165) is 42.7 Å². The Morgan fingerprint density at radius 2 is 1.86 bits per heavy atom. The highest BCUT2D eigenvalue weighted by Crippen LogP contribution is 2.32. The SMILES string of the molecule is CCCn1c(CN(CC2CC2)C(=O)c2cc(Cl)ccc2Cl)nc2ccc(Cl)cc21. The van der Waals surface area contributed by atoms with Gasteiger partial charge in [-0.2, -0.15) is 0 Å². The van der Waals surface area contributed by atoms with Gasteiger partial charge in [0.1, 0.15) is 5.82 Å². The highest BCUT2D eigenvalue weighted by molar-refractivity contribution is 6.35. The highest BCUT2D eigenvalue weighted by Gasteiger charge is 2.29. The number of halogens is 3. The average molecular weight is 451 g/mol. The molecule has 3 aromatic rings. The molecule has 152 valence electrons. The van der Waals surface area contributed by atoms with Crippen molar-refractivity contribution in [1.29, 1.82) is 0 Å². The fraction of sp³-hybridized carbons (Fsp3) is 0.364. The number of imidazole rings is 1. The van der Waals surface area contributed by atoms with Crippen LogP contribution in [-0.4, -0.2) is 26.9 Å². The van der Waals surface area contributed by atoms with Crippen LogP contribution in [0.3, 0.4) is 0 Å². The number of hydrogen-bond donors (Lipinski definition) is 0. The Labute approximate surface area is 185 Å². The van der Waals surface area contributed by atoms with Crippen molar-refractivity contribution >= 4 is 51.7 Å². The summed E-state index contributed by atoms with van der Waals surface area (Å²) in [5.41, 5.74) is 2.31. The molecule has 1 amide bonds. The standard InChI is InChI=1S/C22H22Cl3N3O/c1-2-9-28-20-11-16(24)6-8-19(20)26-21(28)13-27(12-14-3-4-14)22(29)17-10-15(23)5-7-18(17)25/h5-8,10-11,14H,2-4,9,12-13H2,1H3. The van der Waals surface area contributed by atoms with Crippen LogP contribution in [0.15, 0.2) is 36.4 Å². The third-order valence-electron chi connectivity index (χ3n) is 5.19.